The fourth-order valence-electron chi connectivity index (χ4n) is 3.86. The standard InChI is InChI=1S/C25H29N2O3S2/c1-4-18(14-24-26(9-11-28)20-13-17(2)5-7-22(20)31-24)15-25-27(10-12-29)21-16-19(30-3)6-8-23(21)32-25/h5-8,13-16,28-29H,4,9-12H2,1-3H3/q+1. The molecule has 0 fully saturated rings. The molecule has 32 heavy (non-hydrogen) atoms. The normalized spacial score (nSPS) is 15.1. The van der Waals surface area contributed by atoms with E-state index in [9.17, 15) is 10.2 Å². The van der Waals surface area contributed by atoms with Crippen molar-refractivity contribution in [2.45, 2.75) is 31.7 Å². The lowest BCUT2D eigenvalue weighted by Gasteiger charge is -2.19. The van der Waals surface area contributed by atoms with Gasteiger partial charge in [-0.05, 0) is 54.8 Å². The minimum atomic E-state index is 0.0753. The summed E-state index contributed by atoms with van der Waals surface area (Å²) in [4.78, 5) is 3.42. The number of aliphatic hydroxyl groups is 2. The summed E-state index contributed by atoms with van der Waals surface area (Å²) in [5.41, 5.74) is 4.64. The van der Waals surface area contributed by atoms with E-state index in [2.05, 4.69) is 59.7 Å². The number of aliphatic hydroxyl groups excluding tert-OH is 2. The molecule has 7 heteroatoms. The van der Waals surface area contributed by atoms with Crippen molar-refractivity contribution >= 4 is 45.1 Å². The van der Waals surface area contributed by atoms with Gasteiger partial charge in [-0.2, -0.15) is 4.57 Å². The zero-order valence-corrected chi connectivity index (χ0v) is 20.3. The van der Waals surface area contributed by atoms with Crippen molar-refractivity contribution in [3.8, 4) is 5.75 Å². The Morgan fingerprint density at radius 3 is 2.72 bits per heavy atom. The molecule has 2 aromatic carbocycles. The van der Waals surface area contributed by atoms with E-state index in [1.165, 1.54) is 16.0 Å². The zero-order chi connectivity index (χ0) is 22.7. The molecule has 0 saturated carbocycles. The molecule has 5 nitrogen and oxygen atoms in total. The lowest BCUT2D eigenvalue weighted by Crippen LogP contribution is -2.36. The smallest absolute Gasteiger partial charge is 0.263 e. The van der Waals surface area contributed by atoms with E-state index in [1.807, 2.05) is 12.1 Å². The molecule has 1 aromatic heterocycles. The fourth-order valence-corrected chi connectivity index (χ4v) is 6.15. The van der Waals surface area contributed by atoms with E-state index in [0.29, 0.717) is 13.1 Å². The van der Waals surface area contributed by atoms with Crippen LogP contribution >= 0.6 is 23.1 Å². The second-order valence-electron chi connectivity index (χ2n) is 7.65. The van der Waals surface area contributed by atoms with E-state index in [-0.39, 0.29) is 13.2 Å². The summed E-state index contributed by atoms with van der Waals surface area (Å²) in [6, 6.07) is 12.5. The van der Waals surface area contributed by atoms with Crippen molar-refractivity contribution in [3.63, 3.8) is 0 Å². The lowest BCUT2D eigenvalue weighted by molar-refractivity contribution is -0.670. The number of rotatable bonds is 8. The Balaban J connectivity index is 1.75. The van der Waals surface area contributed by atoms with Crippen LogP contribution in [-0.2, 0) is 6.54 Å². The number of allylic oxidation sites excluding steroid dienone is 2. The molecule has 0 unspecified atom stereocenters. The van der Waals surface area contributed by atoms with Gasteiger partial charge in [-0.25, -0.2) is 0 Å². The van der Waals surface area contributed by atoms with Crippen LogP contribution in [0.5, 0.6) is 5.75 Å². The van der Waals surface area contributed by atoms with Crippen LogP contribution in [-0.4, -0.2) is 37.1 Å². The van der Waals surface area contributed by atoms with Gasteiger partial charge < -0.3 is 19.8 Å². The van der Waals surface area contributed by atoms with Gasteiger partial charge in [-0.3, -0.25) is 0 Å². The van der Waals surface area contributed by atoms with Crippen molar-refractivity contribution < 1.29 is 19.5 Å². The van der Waals surface area contributed by atoms with Gasteiger partial charge in [0.1, 0.15) is 17.1 Å². The predicted octanol–water partition coefficient (Wildman–Crippen LogP) is 4.74. The molecule has 1 aliphatic heterocycles. The number of anilines is 1. The maximum atomic E-state index is 9.67. The molecule has 2 N–H and O–H groups in total. The molecule has 3 aromatic rings. The topological polar surface area (TPSA) is 56.8 Å². The van der Waals surface area contributed by atoms with Crippen molar-refractivity contribution in [2.75, 3.05) is 31.8 Å². The highest BCUT2D eigenvalue weighted by Crippen LogP contribution is 2.46. The lowest BCUT2D eigenvalue weighted by atomic mass is 10.1. The molecule has 0 spiro atoms. The van der Waals surface area contributed by atoms with E-state index in [1.54, 1.807) is 30.2 Å². The quantitative estimate of drug-likeness (QED) is 0.467. The molecule has 0 atom stereocenters. The monoisotopic (exact) mass is 469 g/mol. The molecule has 0 saturated heterocycles. The number of aromatic nitrogens is 1. The van der Waals surface area contributed by atoms with Gasteiger partial charge in [0.15, 0.2) is 6.54 Å². The minimum absolute atomic E-state index is 0.0753. The molecule has 0 aliphatic carbocycles. The largest absolute Gasteiger partial charge is 0.497 e. The first-order valence-electron chi connectivity index (χ1n) is 10.8. The Bertz CT molecular complexity index is 1180. The van der Waals surface area contributed by atoms with Crippen LogP contribution < -0.4 is 14.2 Å². The number of ether oxygens (including phenoxy) is 1. The number of aryl methyl sites for hydroxylation is 1. The van der Waals surface area contributed by atoms with Gasteiger partial charge in [0.25, 0.3) is 5.01 Å². The average Bonchev–Trinajstić information content (AvgIpc) is 3.31. The Morgan fingerprint density at radius 1 is 1.16 bits per heavy atom. The van der Waals surface area contributed by atoms with Crippen molar-refractivity contribution in [1.82, 2.24) is 0 Å². The molecule has 0 bridgehead atoms. The third kappa shape index (κ3) is 4.57. The maximum absolute atomic E-state index is 9.67. The van der Waals surface area contributed by atoms with E-state index >= 15 is 0 Å². The van der Waals surface area contributed by atoms with Gasteiger partial charge in [-0.15, -0.1) is 0 Å². The summed E-state index contributed by atoms with van der Waals surface area (Å²) >= 11 is 3.46. The SMILES string of the molecule is CCC(=Cc1sc2ccc(OC)cc2[n+]1CCO)C=C1Sc2ccc(C)cc2N1CCO. The number of β-amino-alcohol motifs (C(OH)–C–C–N with tert-alkyl or cyclic N) is 1. The fraction of sp³-hybridized carbons (Fsp3) is 0.320. The zero-order valence-electron chi connectivity index (χ0n) is 18.7. The number of benzene rings is 2. The number of fused-ring (bicyclic) bond motifs is 2. The molecular formula is C25H29N2O3S2+. The number of thiazole rings is 1. The second kappa shape index (κ2) is 10.1. The molecule has 2 heterocycles. The third-order valence-electron chi connectivity index (χ3n) is 5.50. The molecule has 168 valence electrons. The highest BCUT2D eigenvalue weighted by atomic mass is 32.2. The Hall–Kier alpha value is -2.32. The number of thioether (sulfide) groups is 1. The molecule has 0 amide bonds. The Kier molecular flexibility index (Phi) is 7.20. The number of nitrogens with zero attached hydrogens (tertiary/aromatic N) is 2. The molecular weight excluding hydrogens is 440 g/mol. The van der Waals surface area contributed by atoms with Crippen LogP contribution in [0.15, 0.2) is 58.0 Å². The number of hydrogen-bond donors (Lipinski definition) is 2. The van der Waals surface area contributed by atoms with Gasteiger partial charge in [0.2, 0.25) is 5.52 Å². The second-order valence-corrected chi connectivity index (χ2v) is 9.78. The highest BCUT2D eigenvalue weighted by molar-refractivity contribution is 8.03. The van der Waals surface area contributed by atoms with E-state index < -0.39 is 0 Å². The van der Waals surface area contributed by atoms with Crippen LogP contribution in [0.25, 0.3) is 16.3 Å². The van der Waals surface area contributed by atoms with Crippen LogP contribution in [0.1, 0.15) is 23.9 Å². The summed E-state index contributed by atoms with van der Waals surface area (Å²) < 4.78 is 8.72. The molecule has 1 aliphatic rings. The van der Waals surface area contributed by atoms with E-state index in [4.69, 9.17) is 4.74 Å². The first-order chi connectivity index (χ1) is 15.6. The van der Waals surface area contributed by atoms with Crippen molar-refractivity contribution in [2.24, 2.45) is 0 Å². The third-order valence-corrected chi connectivity index (χ3v) is 7.72. The van der Waals surface area contributed by atoms with Crippen LogP contribution in [0.3, 0.4) is 0 Å². The van der Waals surface area contributed by atoms with Gasteiger partial charge >= 0.3 is 0 Å². The predicted molar refractivity (Wildman–Crippen MR) is 133 cm³/mol. The van der Waals surface area contributed by atoms with Crippen molar-refractivity contribution in [1.29, 1.82) is 0 Å². The molecule has 0 radical (unpaired) electrons. The summed E-state index contributed by atoms with van der Waals surface area (Å²) in [6.07, 6.45) is 5.32. The summed E-state index contributed by atoms with van der Waals surface area (Å²) in [6.45, 7) is 5.53. The Morgan fingerprint density at radius 2 is 2.00 bits per heavy atom. The van der Waals surface area contributed by atoms with Gasteiger partial charge in [0, 0.05) is 17.5 Å². The van der Waals surface area contributed by atoms with Crippen molar-refractivity contribution in [3.05, 3.63) is 63.6 Å². The summed E-state index contributed by atoms with van der Waals surface area (Å²) in [5, 5.41) is 21.6. The van der Waals surface area contributed by atoms with Crippen LogP contribution in [0.2, 0.25) is 0 Å². The minimum Gasteiger partial charge on any atom is -0.497 e. The summed E-state index contributed by atoms with van der Waals surface area (Å²) in [5.74, 6) is 0.811. The van der Waals surface area contributed by atoms with Crippen LogP contribution in [0, 0.1) is 6.92 Å². The Labute approximate surface area is 197 Å². The van der Waals surface area contributed by atoms with Gasteiger partial charge in [-0.1, -0.05) is 36.1 Å². The first kappa shape index (κ1) is 22.9. The first-order valence-corrected chi connectivity index (χ1v) is 12.4. The number of methoxy groups -OCH3 is 1. The van der Waals surface area contributed by atoms with E-state index in [0.717, 1.165) is 38.1 Å². The highest BCUT2D eigenvalue weighted by Gasteiger charge is 2.25. The maximum Gasteiger partial charge on any atom is 0.263 e. The number of hydrogen-bond acceptors (Lipinski definition) is 6. The molecule has 4 rings (SSSR count). The summed E-state index contributed by atoms with van der Waals surface area (Å²) in [7, 11) is 1.67. The average molecular weight is 470 g/mol. The van der Waals surface area contributed by atoms with Crippen LogP contribution in [0.4, 0.5) is 5.69 Å². The van der Waals surface area contributed by atoms with Gasteiger partial charge in [0.05, 0.1) is 30.5 Å².